The molecule has 1 atom stereocenters. The lowest BCUT2D eigenvalue weighted by atomic mass is 10.1. The van der Waals surface area contributed by atoms with E-state index in [-0.39, 0.29) is 5.97 Å². The van der Waals surface area contributed by atoms with E-state index in [4.69, 9.17) is 15.2 Å². The van der Waals surface area contributed by atoms with Crippen LogP contribution in [0.2, 0.25) is 0 Å². The van der Waals surface area contributed by atoms with Gasteiger partial charge in [0, 0.05) is 24.5 Å². The third-order valence-corrected chi connectivity index (χ3v) is 3.59. The van der Waals surface area contributed by atoms with Gasteiger partial charge in [-0.15, -0.1) is 0 Å². The van der Waals surface area contributed by atoms with Crippen LogP contribution in [0.25, 0.3) is 0 Å². The van der Waals surface area contributed by atoms with Crippen molar-refractivity contribution in [3.8, 4) is 0 Å². The molecule has 5 nitrogen and oxygen atoms in total. The number of ether oxygens (including phenoxy) is 2. The zero-order chi connectivity index (χ0) is 15.1. The molecule has 1 aliphatic rings. The second-order valence-corrected chi connectivity index (χ2v) is 5.23. The molecule has 1 aromatic carbocycles. The standard InChI is InChI=1S/C16H24N2O3/c1-2-20-16(19)14-11-12(17)6-7-15(14)18-9-8-13-5-3-4-10-21-13/h6-7,11,13,18H,2-5,8-10,17H2,1H3. The molecule has 1 saturated heterocycles. The number of anilines is 2. The molecule has 1 aromatic rings. The smallest absolute Gasteiger partial charge is 0.340 e. The third-order valence-electron chi connectivity index (χ3n) is 3.59. The topological polar surface area (TPSA) is 73.6 Å². The highest BCUT2D eigenvalue weighted by Gasteiger charge is 2.15. The van der Waals surface area contributed by atoms with E-state index in [0.29, 0.717) is 24.0 Å². The van der Waals surface area contributed by atoms with Crippen LogP contribution in [0.3, 0.4) is 0 Å². The van der Waals surface area contributed by atoms with Crippen molar-refractivity contribution in [1.82, 2.24) is 0 Å². The molecule has 5 heteroatoms. The second kappa shape index (κ2) is 7.88. The van der Waals surface area contributed by atoms with Gasteiger partial charge in [0.05, 0.1) is 18.3 Å². The zero-order valence-corrected chi connectivity index (χ0v) is 12.6. The van der Waals surface area contributed by atoms with E-state index in [1.54, 1.807) is 19.1 Å². The van der Waals surface area contributed by atoms with Gasteiger partial charge in [0.25, 0.3) is 0 Å². The number of nitrogen functional groups attached to an aromatic ring is 1. The molecule has 0 aliphatic carbocycles. The number of nitrogens with one attached hydrogen (secondary N) is 1. The summed E-state index contributed by atoms with van der Waals surface area (Å²) in [7, 11) is 0. The molecule has 0 amide bonds. The largest absolute Gasteiger partial charge is 0.462 e. The first kappa shape index (κ1) is 15.6. The third kappa shape index (κ3) is 4.63. The van der Waals surface area contributed by atoms with E-state index < -0.39 is 0 Å². The van der Waals surface area contributed by atoms with Crippen molar-refractivity contribution in [2.75, 3.05) is 30.8 Å². The molecule has 3 N–H and O–H groups in total. The first-order valence-electron chi connectivity index (χ1n) is 7.63. The summed E-state index contributed by atoms with van der Waals surface area (Å²) in [6.07, 6.45) is 4.78. The predicted octanol–water partition coefficient (Wildman–Crippen LogP) is 2.82. The van der Waals surface area contributed by atoms with Crippen LogP contribution < -0.4 is 11.1 Å². The number of esters is 1. The highest BCUT2D eigenvalue weighted by molar-refractivity contribution is 5.96. The number of carbonyl (C=O) groups excluding carboxylic acids is 1. The lowest BCUT2D eigenvalue weighted by Crippen LogP contribution is -2.22. The van der Waals surface area contributed by atoms with E-state index in [0.717, 1.165) is 38.1 Å². The van der Waals surface area contributed by atoms with Crippen molar-refractivity contribution in [2.45, 2.75) is 38.7 Å². The van der Waals surface area contributed by atoms with Crippen LogP contribution in [0, 0.1) is 0 Å². The van der Waals surface area contributed by atoms with Crippen molar-refractivity contribution in [3.05, 3.63) is 23.8 Å². The predicted molar refractivity (Wildman–Crippen MR) is 83.5 cm³/mol. The summed E-state index contributed by atoms with van der Waals surface area (Å²) in [6, 6.07) is 5.25. The number of rotatable bonds is 6. The Bertz CT molecular complexity index is 471. The van der Waals surface area contributed by atoms with E-state index in [1.807, 2.05) is 6.07 Å². The molecule has 0 aromatic heterocycles. The molecule has 0 saturated carbocycles. The first-order valence-corrected chi connectivity index (χ1v) is 7.63. The molecule has 116 valence electrons. The number of nitrogens with two attached hydrogens (primary N) is 1. The van der Waals surface area contributed by atoms with Crippen molar-refractivity contribution in [1.29, 1.82) is 0 Å². The lowest BCUT2D eigenvalue weighted by Gasteiger charge is -2.23. The number of hydrogen-bond donors (Lipinski definition) is 2. The van der Waals surface area contributed by atoms with E-state index in [1.165, 1.54) is 6.42 Å². The molecule has 1 fully saturated rings. The summed E-state index contributed by atoms with van der Waals surface area (Å²) >= 11 is 0. The maximum atomic E-state index is 11.9. The fourth-order valence-electron chi connectivity index (χ4n) is 2.50. The van der Waals surface area contributed by atoms with Crippen LogP contribution in [0.5, 0.6) is 0 Å². The van der Waals surface area contributed by atoms with Crippen molar-refractivity contribution >= 4 is 17.3 Å². The number of benzene rings is 1. The maximum Gasteiger partial charge on any atom is 0.340 e. The summed E-state index contributed by atoms with van der Waals surface area (Å²) in [5, 5.41) is 3.29. The minimum atomic E-state index is -0.346. The fraction of sp³-hybridized carbons (Fsp3) is 0.562. The second-order valence-electron chi connectivity index (χ2n) is 5.23. The molecule has 0 spiro atoms. The van der Waals surface area contributed by atoms with Crippen LogP contribution in [0.1, 0.15) is 43.0 Å². The van der Waals surface area contributed by atoms with Gasteiger partial charge in [0.2, 0.25) is 0 Å². The van der Waals surface area contributed by atoms with Gasteiger partial charge in [-0.25, -0.2) is 4.79 Å². The average molecular weight is 292 g/mol. The first-order chi connectivity index (χ1) is 10.2. The average Bonchev–Trinajstić information content (AvgIpc) is 2.50. The Balaban J connectivity index is 1.93. The molecular formula is C16H24N2O3. The molecule has 1 aliphatic heterocycles. The molecule has 0 radical (unpaired) electrons. The lowest BCUT2D eigenvalue weighted by molar-refractivity contribution is 0.0134. The Labute approximate surface area is 125 Å². The molecular weight excluding hydrogens is 268 g/mol. The van der Waals surface area contributed by atoms with E-state index in [2.05, 4.69) is 5.32 Å². The van der Waals surface area contributed by atoms with E-state index in [9.17, 15) is 4.79 Å². The number of hydrogen-bond acceptors (Lipinski definition) is 5. The number of carbonyl (C=O) groups is 1. The Hall–Kier alpha value is -1.75. The normalized spacial score (nSPS) is 18.2. The van der Waals surface area contributed by atoms with Crippen molar-refractivity contribution in [2.24, 2.45) is 0 Å². The van der Waals surface area contributed by atoms with Crippen molar-refractivity contribution in [3.63, 3.8) is 0 Å². The van der Waals surface area contributed by atoms with E-state index >= 15 is 0 Å². The molecule has 21 heavy (non-hydrogen) atoms. The summed E-state index contributed by atoms with van der Waals surface area (Å²) < 4.78 is 10.8. The highest BCUT2D eigenvalue weighted by Crippen LogP contribution is 2.21. The minimum Gasteiger partial charge on any atom is -0.462 e. The zero-order valence-electron chi connectivity index (χ0n) is 12.6. The van der Waals surface area contributed by atoms with Gasteiger partial charge in [-0.2, -0.15) is 0 Å². The van der Waals surface area contributed by atoms with Crippen LogP contribution in [0.15, 0.2) is 18.2 Å². The van der Waals surface area contributed by atoms with Gasteiger partial charge in [-0.1, -0.05) is 0 Å². The SMILES string of the molecule is CCOC(=O)c1cc(N)ccc1NCCC1CCCCO1. The summed E-state index contributed by atoms with van der Waals surface area (Å²) in [5.74, 6) is -0.346. The van der Waals surface area contributed by atoms with Crippen LogP contribution in [0.4, 0.5) is 11.4 Å². The summed E-state index contributed by atoms with van der Waals surface area (Å²) in [6.45, 7) is 3.77. The van der Waals surface area contributed by atoms with Crippen LogP contribution in [-0.2, 0) is 9.47 Å². The summed E-state index contributed by atoms with van der Waals surface area (Å²) in [4.78, 5) is 11.9. The Kier molecular flexibility index (Phi) is 5.87. The Morgan fingerprint density at radius 3 is 3.05 bits per heavy atom. The Morgan fingerprint density at radius 1 is 1.48 bits per heavy atom. The van der Waals surface area contributed by atoms with Crippen LogP contribution >= 0.6 is 0 Å². The molecule has 2 rings (SSSR count). The van der Waals surface area contributed by atoms with Gasteiger partial charge >= 0.3 is 5.97 Å². The van der Waals surface area contributed by atoms with Crippen molar-refractivity contribution < 1.29 is 14.3 Å². The van der Waals surface area contributed by atoms with Gasteiger partial charge in [0.1, 0.15) is 0 Å². The van der Waals surface area contributed by atoms with Crippen LogP contribution in [-0.4, -0.2) is 31.8 Å². The quantitative estimate of drug-likeness (QED) is 0.623. The molecule has 0 bridgehead atoms. The van der Waals surface area contributed by atoms with Gasteiger partial charge in [-0.05, 0) is 50.8 Å². The minimum absolute atomic E-state index is 0.325. The van der Waals surface area contributed by atoms with Gasteiger partial charge in [-0.3, -0.25) is 0 Å². The summed E-state index contributed by atoms with van der Waals surface area (Å²) in [5.41, 5.74) is 7.56. The van der Waals surface area contributed by atoms with Gasteiger partial charge in [0.15, 0.2) is 0 Å². The van der Waals surface area contributed by atoms with Gasteiger partial charge < -0.3 is 20.5 Å². The Morgan fingerprint density at radius 2 is 2.33 bits per heavy atom. The monoisotopic (exact) mass is 292 g/mol. The maximum absolute atomic E-state index is 11.9. The molecule has 1 heterocycles. The fourth-order valence-corrected chi connectivity index (χ4v) is 2.50. The molecule has 1 unspecified atom stereocenters. The highest BCUT2D eigenvalue weighted by atomic mass is 16.5.